The molecule has 5 heteroatoms. The van der Waals surface area contributed by atoms with Crippen molar-refractivity contribution in [2.75, 3.05) is 13.2 Å². The molecule has 0 radical (unpaired) electrons. The van der Waals surface area contributed by atoms with Crippen molar-refractivity contribution >= 4 is 11.8 Å². The van der Waals surface area contributed by atoms with Crippen LogP contribution in [0.4, 0.5) is 0 Å². The Balaban J connectivity index is 1.24. The number of nitrogens with zero attached hydrogens (tertiary/aromatic N) is 2. The Kier molecular flexibility index (Phi) is 5.58. The molecule has 0 N–H and O–H groups in total. The summed E-state index contributed by atoms with van der Waals surface area (Å²) < 4.78 is 5.78. The van der Waals surface area contributed by atoms with Gasteiger partial charge in [0.1, 0.15) is 5.75 Å². The monoisotopic (exact) mass is 396 g/mol. The molecule has 0 fully saturated rings. The molecule has 30 heavy (non-hydrogen) atoms. The van der Waals surface area contributed by atoms with E-state index in [1.165, 1.54) is 4.90 Å². The van der Waals surface area contributed by atoms with Crippen molar-refractivity contribution < 1.29 is 14.3 Å². The van der Waals surface area contributed by atoms with Crippen molar-refractivity contribution in [3.8, 4) is 22.9 Å². The van der Waals surface area contributed by atoms with Gasteiger partial charge in [0.2, 0.25) is 0 Å². The van der Waals surface area contributed by atoms with Gasteiger partial charge in [-0.2, -0.15) is 5.26 Å². The highest BCUT2D eigenvalue weighted by molar-refractivity contribution is 6.21. The second kappa shape index (κ2) is 8.62. The van der Waals surface area contributed by atoms with Gasteiger partial charge in [0.05, 0.1) is 29.4 Å². The molecular weight excluding hydrogens is 376 g/mol. The second-order valence-corrected chi connectivity index (χ2v) is 7.08. The quantitative estimate of drug-likeness (QED) is 0.429. The van der Waals surface area contributed by atoms with Gasteiger partial charge < -0.3 is 4.74 Å². The Bertz CT molecular complexity index is 1080. The summed E-state index contributed by atoms with van der Waals surface area (Å²) in [6.07, 6.45) is 1.43. The molecule has 2 amide bonds. The fourth-order valence-electron chi connectivity index (χ4n) is 3.49. The molecule has 1 aliphatic rings. The molecule has 0 saturated heterocycles. The van der Waals surface area contributed by atoms with Crippen molar-refractivity contribution in [2.24, 2.45) is 0 Å². The van der Waals surface area contributed by atoms with Crippen molar-refractivity contribution in [1.82, 2.24) is 4.90 Å². The van der Waals surface area contributed by atoms with E-state index >= 15 is 0 Å². The molecule has 0 aliphatic carbocycles. The van der Waals surface area contributed by atoms with Crippen LogP contribution in [-0.4, -0.2) is 29.9 Å². The number of ether oxygens (including phenoxy) is 1. The Hall–Kier alpha value is -3.91. The summed E-state index contributed by atoms with van der Waals surface area (Å²) in [6.45, 7) is 0.909. The lowest BCUT2D eigenvalue weighted by Crippen LogP contribution is -2.30. The SMILES string of the molecule is N#Cc1ccc(-c2ccc(OCCCCN3C(=O)c4ccccc4C3=O)cc2)cc1. The lowest BCUT2D eigenvalue weighted by atomic mass is 10.0. The van der Waals surface area contributed by atoms with Gasteiger partial charge in [-0.3, -0.25) is 14.5 Å². The maximum absolute atomic E-state index is 12.3. The van der Waals surface area contributed by atoms with Crippen molar-refractivity contribution in [3.05, 3.63) is 89.5 Å². The van der Waals surface area contributed by atoms with E-state index in [1.807, 2.05) is 36.4 Å². The zero-order valence-corrected chi connectivity index (χ0v) is 16.4. The number of carbonyl (C=O) groups is 2. The fourth-order valence-corrected chi connectivity index (χ4v) is 3.49. The number of hydrogen-bond acceptors (Lipinski definition) is 4. The smallest absolute Gasteiger partial charge is 0.261 e. The normalized spacial score (nSPS) is 12.6. The van der Waals surface area contributed by atoms with Gasteiger partial charge in [0.25, 0.3) is 11.8 Å². The van der Waals surface area contributed by atoms with E-state index in [4.69, 9.17) is 10.00 Å². The highest BCUT2D eigenvalue weighted by atomic mass is 16.5. The minimum Gasteiger partial charge on any atom is -0.494 e. The van der Waals surface area contributed by atoms with Crippen LogP contribution in [0.25, 0.3) is 11.1 Å². The maximum atomic E-state index is 12.3. The van der Waals surface area contributed by atoms with Crippen LogP contribution in [0.3, 0.4) is 0 Å². The molecule has 1 heterocycles. The van der Waals surface area contributed by atoms with Crippen LogP contribution in [0.5, 0.6) is 5.75 Å². The lowest BCUT2D eigenvalue weighted by molar-refractivity contribution is 0.0649. The van der Waals surface area contributed by atoms with Crippen LogP contribution in [0, 0.1) is 11.3 Å². The molecular formula is C25H20N2O3. The van der Waals surface area contributed by atoms with E-state index in [0.717, 1.165) is 23.3 Å². The number of carbonyl (C=O) groups excluding carboxylic acids is 2. The minimum atomic E-state index is -0.213. The topological polar surface area (TPSA) is 70.4 Å². The first-order valence-electron chi connectivity index (χ1n) is 9.86. The molecule has 3 aromatic carbocycles. The number of imide groups is 1. The van der Waals surface area contributed by atoms with Gasteiger partial charge in [0.15, 0.2) is 0 Å². The van der Waals surface area contributed by atoms with E-state index < -0.39 is 0 Å². The molecule has 0 unspecified atom stereocenters. The number of rotatable bonds is 7. The number of hydrogen-bond donors (Lipinski definition) is 0. The van der Waals surface area contributed by atoms with Gasteiger partial charge >= 0.3 is 0 Å². The minimum absolute atomic E-state index is 0.213. The Morgan fingerprint density at radius 3 is 1.90 bits per heavy atom. The van der Waals surface area contributed by atoms with Crippen LogP contribution >= 0.6 is 0 Å². The predicted octanol–water partition coefficient (Wildman–Crippen LogP) is 4.68. The number of unbranched alkanes of at least 4 members (excludes halogenated alkanes) is 1. The first kappa shape index (κ1) is 19.4. The van der Waals surface area contributed by atoms with E-state index in [1.54, 1.807) is 36.4 Å². The third-order valence-corrected chi connectivity index (χ3v) is 5.12. The van der Waals surface area contributed by atoms with Gasteiger partial charge in [-0.1, -0.05) is 36.4 Å². The molecule has 0 aromatic heterocycles. The first-order chi connectivity index (χ1) is 14.7. The van der Waals surface area contributed by atoms with Gasteiger partial charge in [0, 0.05) is 6.54 Å². The maximum Gasteiger partial charge on any atom is 0.261 e. The van der Waals surface area contributed by atoms with Gasteiger partial charge in [-0.15, -0.1) is 0 Å². The summed E-state index contributed by atoms with van der Waals surface area (Å²) in [5.74, 6) is 0.345. The third kappa shape index (κ3) is 3.94. The summed E-state index contributed by atoms with van der Waals surface area (Å²) in [5.41, 5.74) is 3.71. The molecule has 0 bridgehead atoms. The third-order valence-electron chi connectivity index (χ3n) is 5.12. The Morgan fingerprint density at radius 1 is 0.767 bits per heavy atom. The molecule has 148 valence electrons. The molecule has 1 aliphatic heterocycles. The van der Waals surface area contributed by atoms with Crippen LogP contribution in [0.15, 0.2) is 72.8 Å². The summed E-state index contributed by atoms with van der Waals surface area (Å²) >= 11 is 0. The first-order valence-corrected chi connectivity index (χ1v) is 9.86. The van der Waals surface area contributed by atoms with E-state index in [-0.39, 0.29) is 11.8 Å². The number of amides is 2. The molecule has 0 saturated carbocycles. The largest absolute Gasteiger partial charge is 0.494 e. The molecule has 0 atom stereocenters. The summed E-state index contributed by atoms with van der Waals surface area (Å²) in [5, 5.41) is 8.88. The van der Waals surface area contributed by atoms with Crippen molar-refractivity contribution in [3.63, 3.8) is 0 Å². The zero-order chi connectivity index (χ0) is 20.9. The Labute approximate surface area is 175 Å². The fraction of sp³-hybridized carbons (Fsp3) is 0.160. The van der Waals surface area contributed by atoms with Gasteiger partial charge in [-0.25, -0.2) is 0 Å². The van der Waals surface area contributed by atoms with E-state index in [2.05, 4.69) is 6.07 Å². The average Bonchev–Trinajstić information content (AvgIpc) is 3.04. The molecule has 3 aromatic rings. The molecule has 4 rings (SSSR count). The number of benzene rings is 3. The summed E-state index contributed by atoms with van der Waals surface area (Å²) in [6, 6.07) is 24.3. The average molecular weight is 396 g/mol. The molecule has 0 spiro atoms. The standard InChI is InChI=1S/C25H20N2O3/c26-17-18-7-9-19(10-8-18)20-11-13-21(14-12-20)30-16-4-3-15-27-24(28)22-5-1-2-6-23(22)25(27)29/h1-2,5-14H,3-4,15-16H2. The highest BCUT2D eigenvalue weighted by Crippen LogP contribution is 2.24. The lowest BCUT2D eigenvalue weighted by Gasteiger charge is -2.13. The second-order valence-electron chi connectivity index (χ2n) is 7.08. The van der Waals surface area contributed by atoms with Crippen molar-refractivity contribution in [2.45, 2.75) is 12.8 Å². The van der Waals surface area contributed by atoms with Crippen LogP contribution in [-0.2, 0) is 0 Å². The van der Waals surface area contributed by atoms with E-state index in [9.17, 15) is 9.59 Å². The van der Waals surface area contributed by atoms with Crippen LogP contribution in [0.1, 0.15) is 39.1 Å². The van der Waals surface area contributed by atoms with Crippen LogP contribution in [0.2, 0.25) is 0 Å². The summed E-state index contributed by atoms with van der Waals surface area (Å²) in [7, 11) is 0. The van der Waals surface area contributed by atoms with Crippen LogP contribution < -0.4 is 4.74 Å². The molecule has 5 nitrogen and oxygen atoms in total. The number of nitriles is 1. The zero-order valence-electron chi connectivity index (χ0n) is 16.4. The highest BCUT2D eigenvalue weighted by Gasteiger charge is 2.34. The van der Waals surface area contributed by atoms with Gasteiger partial charge in [-0.05, 0) is 60.4 Å². The predicted molar refractivity (Wildman–Crippen MR) is 113 cm³/mol. The Morgan fingerprint density at radius 2 is 1.33 bits per heavy atom. The number of fused-ring (bicyclic) bond motifs is 1. The van der Waals surface area contributed by atoms with Crippen molar-refractivity contribution in [1.29, 1.82) is 5.26 Å². The van der Waals surface area contributed by atoms with E-state index in [0.29, 0.717) is 36.3 Å². The summed E-state index contributed by atoms with van der Waals surface area (Å²) in [4.78, 5) is 26.0.